The summed E-state index contributed by atoms with van der Waals surface area (Å²) in [5.41, 5.74) is 8.12. The molecular weight excluding hydrogens is 303 g/mol. The maximum Gasteiger partial charge on any atom is 0.416 e. The van der Waals surface area contributed by atoms with Gasteiger partial charge in [-0.25, -0.2) is 4.98 Å². The molecular formula is C17H16F3N3. The van der Waals surface area contributed by atoms with E-state index in [-0.39, 0.29) is 11.2 Å². The van der Waals surface area contributed by atoms with Crippen molar-refractivity contribution in [3.05, 3.63) is 58.9 Å². The number of fused-ring (bicyclic) bond motifs is 1. The second-order valence-corrected chi connectivity index (χ2v) is 5.68. The summed E-state index contributed by atoms with van der Waals surface area (Å²) in [6.45, 7) is 2.00. The first-order valence-corrected chi connectivity index (χ1v) is 7.13. The van der Waals surface area contributed by atoms with Crippen molar-refractivity contribution in [3.8, 4) is 0 Å². The fraction of sp³-hybridized carbons (Fsp3) is 0.235. The van der Waals surface area contributed by atoms with Crippen LogP contribution in [0.3, 0.4) is 0 Å². The lowest BCUT2D eigenvalue weighted by atomic mass is 10.1. The van der Waals surface area contributed by atoms with Gasteiger partial charge in [0.15, 0.2) is 0 Å². The minimum absolute atomic E-state index is 0.0833. The van der Waals surface area contributed by atoms with Crippen LogP contribution in [0.15, 0.2) is 36.4 Å². The van der Waals surface area contributed by atoms with E-state index in [2.05, 4.69) is 4.98 Å². The number of rotatable bonds is 2. The molecule has 23 heavy (non-hydrogen) atoms. The van der Waals surface area contributed by atoms with E-state index in [1.165, 1.54) is 0 Å². The van der Waals surface area contributed by atoms with Crippen molar-refractivity contribution < 1.29 is 13.2 Å². The molecule has 0 spiro atoms. The van der Waals surface area contributed by atoms with Gasteiger partial charge in [-0.05, 0) is 24.6 Å². The van der Waals surface area contributed by atoms with E-state index in [1.807, 2.05) is 31.2 Å². The lowest BCUT2D eigenvalue weighted by Gasteiger charge is -2.08. The predicted octanol–water partition coefficient (Wildman–Crippen LogP) is 4.07. The summed E-state index contributed by atoms with van der Waals surface area (Å²) < 4.78 is 40.4. The van der Waals surface area contributed by atoms with Crippen molar-refractivity contribution in [2.45, 2.75) is 19.5 Å². The molecule has 2 N–H and O–H groups in total. The van der Waals surface area contributed by atoms with Gasteiger partial charge in [-0.1, -0.05) is 29.8 Å². The van der Waals surface area contributed by atoms with Crippen LogP contribution in [0.2, 0.25) is 0 Å². The minimum atomic E-state index is -4.43. The quantitative estimate of drug-likeness (QED) is 0.724. The number of imidazole rings is 1. The maximum atomic E-state index is 12.9. The summed E-state index contributed by atoms with van der Waals surface area (Å²) in [6.07, 6.45) is -3.90. The number of halogens is 3. The molecule has 0 saturated carbocycles. The third kappa shape index (κ3) is 2.88. The van der Waals surface area contributed by atoms with Crippen LogP contribution < -0.4 is 5.73 Å². The first-order chi connectivity index (χ1) is 10.8. The molecule has 3 aromatic rings. The minimum Gasteiger partial charge on any atom is -0.397 e. The summed E-state index contributed by atoms with van der Waals surface area (Å²) in [5, 5.41) is 0. The highest BCUT2D eigenvalue weighted by Gasteiger charge is 2.32. The van der Waals surface area contributed by atoms with E-state index < -0.39 is 11.7 Å². The molecule has 6 heteroatoms. The van der Waals surface area contributed by atoms with Gasteiger partial charge >= 0.3 is 6.18 Å². The molecule has 0 aliphatic carbocycles. The van der Waals surface area contributed by atoms with E-state index in [0.717, 1.165) is 23.3 Å². The molecule has 3 rings (SSSR count). The largest absolute Gasteiger partial charge is 0.416 e. The van der Waals surface area contributed by atoms with Crippen molar-refractivity contribution in [2.75, 3.05) is 5.73 Å². The SMILES string of the molecule is Cc1ccc(Cc2nc3cc(C(F)(F)F)cc(N)c3n2C)cc1. The van der Waals surface area contributed by atoms with Gasteiger partial charge in [-0.2, -0.15) is 13.2 Å². The zero-order chi connectivity index (χ0) is 16.8. The van der Waals surface area contributed by atoms with Crippen molar-refractivity contribution in [3.63, 3.8) is 0 Å². The highest BCUT2D eigenvalue weighted by Crippen LogP contribution is 2.34. The molecule has 1 aromatic heterocycles. The Hall–Kier alpha value is -2.50. The Kier molecular flexibility index (Phi) is 3.55. The van der Waals surface area contributed by atoms with Crippen molar-refractivity contribution >= 4 is 16.7 Å². The molecule has 0 unspecified atom stereocenters. The number of anilines is 1. The van der Waals surface area contributed by atoms with Crippen LogP contribution >= 0.6 is 0 Å². The van der Waals surface area contributed by atoms with E-state index in [1.54, 1.807) is 11.6 Å². The Morgan fingerprint density at radius 1 is 1.13 bits per heavy atom. The van der Waals surface area contributed by atoms with Crippen molar-refractivity contribution in [2.24, 2.45) is 7.05 Å². The number of nitrogens with zero attached hydrogens (tertiary/aromatic N) is 2. The van der Waals surface area contributed by atoms with E-state index in [0.29, 0.717) is 17.8 Å². The first kappa shape index (κ1) is 15.4. The zero-order valence-electron chi connectivity index (χ0n) is 12.8. The van der Waals surface area contributed by atoms with Gasteiger partial charge in [-0.15, -0.1) is 0 Å². The van der Waals surface area contributed by atoms with Gasteiger partial charge < -0.3 is 10.3 Å². The van der Waals surface area contributed by atoms with Crippen molar-refractivity contribution in [1.29, 1.82) is 0 Å². The molecule has 2 aromatic carbocycles. The van der Waals surface area contributed by atoms with Gasteiger partial charge in [0.25, 0.3) is 0 Å². The number of aryl methyl sites for hydroxylation is 2. The summed E-state index contributed by atoms with van der Waals surface area (Å²) in [4.78, 5) is 4.35. The number of aromatic nitrogens is 2. The monoisotopic (exact) mass is 319 g/mol. The molecule has 120 valence electrons. The average Bonchev–Trinajstić information content (AvgIpc) is 2.77. The fourth-order valence-corrected chi connectivity index (χ4v) is 2.65. The predicted molar refractivity (Wildman–Crippen MR) is 84.1 cm³/mol. The standard InChI is InChI=1S/C17H16F3N3/c1-10-3-5-11(6-4-10)7-15-22-14-9-12(17(18,19)20)8-13(21)16(14)23(15)2/h3-6,8-9H,7,21H2,1-2H3. The number of hydrogen-bond acceptors (Lipinski definition) is 2. The number of nitrogens with two attached hydrogens (primary N) is 1. The van der Waals surface area contributed by atoms with Gasteiger partial charge in [0.05, 0.1) is 22.3 Å². The fourth-order valence-electron chi connectivity index (χ4n) is 2.65. The molecule has 0 amide bonds. The van der Waals surface area contributed by atoms with Gasteiger partial charge in [-0.3, -0.25) is 0 Å². The third-order valence-corrected chi connectivity index (χ3v) is 3.90. The summed E-state index contributed by atoms with van der Waals surface area (Å²) in [6, 6.07) is 9.96. The Morgan fingerprint density at radius 2 is 1.78 bits per heavy atom. The van der Waals surface area contributed by atoms with E-state index in [4.69, 9.17) is 5.73 Å². The van der Waals surface area contributed by atoms with Crippen LogP contribution in [0, 0.1) is 6.92 Å². The second kappa shape index (κ2) is 5.30. The molecule has 1 heterocycles. The lowest BCUT2D eigenvalue weighted by molar-refractivity contribution is -0.137. The normalized spacial score (nSPS) is 12.0. The Morgan fingerprint density at radius 3 is 2.39 bits per heavy atom. The third-order valence-electron chi connectivity index (χ3n) is 3.90. The highest BCUT2D eigenvalue weighted by atomic mass is 19.4. The van der Waals surface area contributed by atoms with Gasteiger partial charge in [0.1, 0.15) is 5.82 Å². The van der Waals surface area contributed by atoms with Crippen LogP contribution in [0.4, 0.5) is 18.9 Å². The van der Waals surface area contributed by atoms with Gasteiger partial charge in [0.2, 0.25) is 0 Å². The van der Waals surface area contributed by atoms with Gasteiger partial charge in [0, 0.05) is 13.5 Å². The summed E-state index contributed by atoms with van der Waals surface area (Å²) >= 11 is 0. The molecule has 0 fully saturated rings. The highest BCUT2D eigenvalue weighted by molar-refractivity contribution is 5.88. The Balaban J connectivity index is 2.07. The van der Waals surface area contributed by atoms with Crippen LogP contribution in [-0.4, -0.2) is 9.55 Å². The second-order valence-electron chi connectivity index (χ2n) is 5.68. The van der Waals surface area contributed by atoms with E-state index >= 15 is 0 Å². The number of benzene rings is 2. The van der Waals surface area contributed by atoms with Crippen molar-refractivity contribution in [1.82, 2.24) is 9.55 Å². The Labute approximate surface area is 131 Å². The zero-order valence-corrected chi connectivity index (χ0v) is 12.8. The smallest absolute Gasteiger partial charge is 0.397 e. The summed E-state index contributed by atoms with van der Waals surface area (Å²) in [7, 11) is 1.77. The molecule has 0 bridgehead atoms. The van der Waals surface area contributed by atoms with Crippen LogP contribution in [0.5, 0.6) is 0 Å². The lowest BCUT2D eigenvalue weighted by Crippen LogP contribution is -2.06. The number of hydrogen-bond donors (Lipinski definition) is 1. The first-order valence-electron chi connectivity index (χ1n) is 7.13. The average molecular weight is 319 g/mol. The number of nitrogen functional groups attached to an aromatic ring is 1. The topological polar surface area (TPSA) is 43.8 Å². The molecule has 0 atom stereocenters. The molecule has 0 aliphatic heterocycles. The maximum absolute atomic E-state index is 12.9. The Bertz CT molecular complexity index is 861. The van der Waals surface area contributed by atoms with E-state index in [9.17, 15) is 13.2 Å². The molecule has 0 aliphatic rings. The molecule has 3 nitrogen and oxygen atoms in total. The van der Waals surface area contributed by atoms with Crippen LogP contribution in [0.1, 0.15) is 22.5 Å². The van der Waals surface area contributed by atoms with Crippen LogP contribution in [0.25, 0.3) is 11.0 Å². The van der Waals surface area contributed by atoms with Crippen LogP contribution in [-0.2, 0) is 19.6 Å². The summed E-state index contributed by atoms with van der Waals surface area (Å²) in [5.74, 6) is 0.676. The molecule has 0 radical (unpaired) electrons. The molecule has 0 saturated heterocycles. The number of alkyl halides is 3.